The Hall–Kier alpha value is -15.1. The molecule has 8 unspecified atom stereocenters. The number of fused-ring (bicyclic) bond motifs is 16. The van der Waals surface area contributed by atoms with Gasteiger partial charge in [0.15, 0.2) is 0 Å². The van der Waals surface area contributed by atoms with Gasteiger partial charge in [-0.25, -0.2) is 0 Å². The molecule has 0 N–H and O–H groups in total. The van der Waals surface area contributed by atoms with Gasteiger partial charge in [-0.1, -0.05) is 491 Å². The fourth-order valence-electron chi connectivity index (χ4n) is 26.6. The van der Waals surface area contributed by atoms with Crippen LogP contribution in [0.1, 0.15) is 128 Å². The van der Waals surface area contributed by atoms with Crippen LogP contribution in [0.5, 0.6) is 0 Å². The third-order valence-corrected chi connectivity index (χ3v) is 33.4. The maximum Gasteiger partial charge on any atom is 0.217 e. The summed E-state index contributed by atoms with van der Waals surface area (Å²) in [4.78, 5) is 9.57. The van der Waals surface area contributed by atoms with Gasteiger partial charge in [0.05, 0.1) is 0 Å². The Bertz CT molecular complexity index is 7020. The van der Waals surface area contributed by atoms with Gasteiger partial charge in [-0.05, 0) is 259 Å². The molecule has 0 bridgehead atoms. The average molecular weight is 1890 g/mol. The standard InChI is InChI=1S/C77H80B2N2.C61H48B2N2/c1-73(2,3)53-29-41-59(42-30-53)80(60-43-31-54(32-44-60)74(4,5)6)63-49-37-57(38-50-63)78-69-25-17-13-21-65(69)77(66-22-14-18-26-70(66)78)67-23-15-19-27-71(67)79(72-28-20-16-24-68(72)77)58-39-51-64(52-40-58)81(61-45-33-55(34-46-61)75(7,8)9)62-47-35-56(36-48-62)76(10,11)12;1-5-21-47(22-6-1)64(48-23-7-2-8-24-48)51-41-37-45(38-42-51)62-57-33-17-13-29-53(57)61(54-30-14-18-34-58(54)62)55-31-15-19-35-59(55)63(60-36-20-16-32-56(60)61)46-39-43-52(44-40-46)65(49-25-9-3-10-26-49)50-27-11-4-12-28-50/h13-52,65,67,69,71H,1-12H3;1-44,53,55,57,59H. The maximum atomic E-state index is 2.58. The molecule has 0 fully saturated rings. The highest BCUT2D eigenvalue weighted by Gasteiger charge is 2.64. The molecule has 4 nitrogen and oxygen atoms in total. The highest BCUT2D eigenvalue weighted by atomic mass is 15.2. The zero-order valence-corrected chi connectivity index (χ0v) is 86.2. The molecule has 2 spiro atoms. The van der Waals surface area contributed by atoms with Gasteiger partial charge in [0.2, 0.25) is 26.9 Å². The SMILES string of the molecule is C1=CC2B(c3ccc(N(c4ccccc4)c4ccccc4)cc3)c3ccccc3C3(c4ccccc4B(c4ccc(N(c5ccccc5)c5ccccc5)cc4)C4C=CC=CC43)C2C=C1.CC(C)(C)c1ccc(N(c2ccc(B3c4ccccc4C4(c5ccccc5B(c5ccc(N(c6ccc(C(C)(C)C)cc6)c6ccc(C(C)(C)C)cc6)cc5)C5C=CC=CC54)C4C=CC=CC34)cc2)c2ccc(C(C)(C)C)cc2)cc1. The van der Waals surface area contributed by atoms with E-state index in [1.807, 2.05) is 0 Å². The van der Waals surface area contributed by atoms with Gasteiger partial charge in [0.1, 0.15) is 0 Å². The monoisotopic (exact) mass is 1890 g/mol. The molecule has 4 aliphatic heterocycles. The van der Waals surface area contributed by atoms with Crippen LogP contribution < -0.4 is 63.3 Å². The summed E-state index contributed by atoms with van der Waals surface area (Å²) in [6.07, 6.45) is 39.0. The van der Waals surface area contributed by atoms with E-state index in [-0.39, 0.29) is 106 Å². The van der Waals surface area contributed by atoms with Crippen molar-refractivity contribution >= 4 is 139 Å². The van der Waals surface area contributed by atoms with Crippen LogP contribution in [0.4, 0.5) is 68.2 Å². The van der Waals surface area contributed by atoms with Gasteiger partial charge in [0, 0.05) is 79.1 Å². The Morgan fingerprint density at radius 2 is 0.315 bits per heavy atom. The van der Waals surface area contributed by atoms with Gasteiger partial charge in [0.25, 0.3) is 0 Å². The lowest BCUT2D eigenvalue weighted by molar-refractivity contribution is 0.281. The second-order valence-corrected chi connectivity index (χ2v) is 45.7. The molecular weight excluding hydrogens is 1760 g/mol. The van der Waals surface area contributed by atoms with Crippen molar-refractivity contribution < 1.29 is 0 Å². The average Bonchev–Trinajstić information content (AvgIpc) is 0.677. The number of anilines is 12. The molecular formula is C138H128B4N4. The van der Waals surface area contributed by atoms with E-state index in [1.54, 1.807) is 0 Å². The van der Waals surface area contributed by atoms with Crippen molar-refractivity contribution in [3.8, 4) is 0 Å². The van der Waals surface area contributed by atoms with Gasteiger partial charge in [-0.3, -0.25) is 0 Å². The highest BCUT2D eigenvalue weighted by molar-refractivity contribution is 6.90. The molecule has 0 saturated carbocycles. The first-order chi connectivity index (χ1) is 71.0. The minimum atomic E-state index is -0.317. The van der Waals surface area contributed by atoms with Crippen LogP contribution in [0, 0.1) is 23.7 Å². The van der Waals surface area contributed by atoms with Gasteiger partial charge in [-0.2, -0.15) is 0 Å². The van der Waals surface area contributed by atoms with Gasteiger partial charge < -0.3 is 19.6 Å². The van der Waals surface area contributed by atoms with E-state index in [0.717, 1.165) is 68.2 Å². The van der Waals surface area contributed by atoms with Crippen LogP contribution in [0.15, 0.2) is 510 Å². The molecule has 0 aromatic heterocycles. The lowest BCUT2D eigenvalue weighted by Gasteiger charge is -2.59. The number of nitrogens with zero attached hydrogens (tertiary/aromatic N) is 4. The minimum absolute atomic E-state index is 0.0670. The number of para-hydroxylation sites is 4. The molecule has 16 aromatic carbocycles. The smallest absolute Gasteiger partial charge is 0.217 e. The molecule has 24 rings (SSSR count). The Morgan fingerprint density at radius 3 is 0.493 bits per heavy atom. The fraction of sp³-hybridized carbons (Fsp3) is 0.188. The third kappa shape index (κ3) is 16.9. The van der Waals surface area contributed by atoms with E-state index in [0.29, 0.717) is 0 Å². The molecule has 712 valence electrons. The fourth-order valence-corrected chi connectivity index (χ4v) is 26.6. The van der Waals surface area contributed by atoms with Crippen molar-refractivity contribution in [3.63, 3.8) is 0 Å². The number of hydrogen-bond acceptors (Lipinski definition) is 4. The predicted octanol–water partition coefficient (Wildman–Crippen LogP) is 30.0. The lowest BCUT2D eigenvalue weighted by atomic mass is 9.19. The molecule has 0 saturated heterocycles. The van der Waals surface area contributed by atoms with Crippen LogP contribution in [0.25, 0.3) is 0 Å². The molecule has 4 aliphatic carbocycles. The summed E-state index contributed by atoms with van der Waals surface area (Å²) in [5, 5.41) is 0. The minimum Gasteiger partial charge on any atom is -0.311 e. The van der Waals surface area contributed by atoms with Crippen molar-refractivity contribution in [2.75, 3.05) is 19.6 Å². The van der Waals surface area contributed by atoms with Crippen LogP contribution in [-0.2, 0) is 32.5 Å². The van der Waals surface area contributed by atoms with Crippen molar-refractivity contribution in [1.29, 1.82) is 0 Å². The summed E-state index contributed by atoms with van der Waals surface area (Å²) in [7, 11) is 0. The molecule has 8 atom stereocenters. The maximum absolute atomic E-state index is 2.58. The molecule has 16 aromatic rings. The molecule has 0 amide bonds. The Kier molecular flexibility index (Phi) is 24.9. The summed E-state index contributed by atoms with van der Waals surface area (Å²) in [6.45, 7) is 28.2. The van der Waals surface area contributed by atoms with Crippen molar-refractivity contribution in [2.24, 2.45) is 23.7 Å². The highest BCUT2D eigenvalue weighted by Crippen LogP contribution is 2.63. The number of benzene rings is 16. The van der Waals surface area contributed by atoms with Crippen LogP contribution >= 0.6 is 0 Å². The van der Waals surface area contributed by atoms with E-state index >= 15 is 0 Å². The molecule has 0 radical (unpaired) electrons. The summed E-state index contributed by atoms with van der Waals surface area (Å²) >= 11 is 0. The normalized spacial score (nSPS) is 20.5. The predicted molar refractivity (Wildman–Crippen MR) is 629 cm³/mol. The van der Waals surface area contributed by atoms with Crippen LogP contribution in [-0.4, -0.2) is 26.9 Å². The van der Waals surface area contributed by atoms with E-state index in [4.69, 9.17) is 0 Å². The molecule has 8 aliphatic rings. The van der Waals surface area contributed by atoms with E-state index in [1.165, 1.54) is 88.2 Å². The Labute approximate surface area is 868 Å². The Morgan fingerprint density at radius 1 is 0.164 bits per heavy atom. The topological polar surface area (TPSA) is 13.0 Å². The zero-order chi connectivity index (χ0) is 99.8. The van der Waals surface area contributed by atoms with Gasteiger partial charge >= 0.3 is 0 Å². The second-order valence-electron chi connectivity index (χ2n) is 45.7. The Balaban J connectivity index is 0.000000165. The van der Waals surface area contributed by atoms with E-state index in [2.05, 4.69) is 612 Å². The van der Waals surface area contributed by atoms with E-state index in [9.17, 15) is 0 Å². The molecule has 146 heavy (non-hydrogen) atoms. The zero-order valence-electron chi connectivity index (χ0n) is 86.2. The molecule has 8 heteroatoms. The van der Waals surface area contributed by atoms with Crippen LogP contribution in [0.3, 0.4) is 0 Å². The number of allylic oxidation sites excluding steroid dienone is 16. The summed E-state index contributed by atoms with van der Waals surface area (Å²) in [6, 6.07) is 156. The largest absolute Gasteiger partial charge is 0.311 e. The number of hydrogen-bond donors (Lipinski definition) is 0. The van der Waals surface area contributed by atoms with Crippen molar-refractivity contribution in [2.45, 2.75) is 139 Å². The lowest BCUT2D eigenvalue weighted by Crippen LogP contribution is -2.67. The first kappa shape index (κ1) is 94.5. The van der Waals surface area contributed by atoms with Crippen LogP contribution in [0.2, 0.25) is 23.3 Å². The second kappa shape index (κ2) is 38.5. The summed E-state index contributed by atoms with van der Waals surface area (Å²) in [5.74, 6) is 1.84. The summed E-state index contributed by atoms with van der Waals surface area (Å²) in [5.41, 5.74) is 35.8. The van der Waals surface area contributed by atoms with Crippen molar-refractivity contribution in [1.82, 2.24) is 0 Å². The summed E-state index contributed by atoms with van der Waals surface area (Å²) < 4.78 is 0. The number of rotatable bonds is 16. The first-order valence-corrected chi connectivity index (χ1v) is 53.0. The first-order valence-electron chi connectivity index (χ1n) is 53.0. The van der Waals surface area contributed by atoms with Gasteiger partial charge in [-0.15, -0.1) is 0 Å². The third-order valence-electron chi connectivity index (χ3n) is 33.4. The quantitative estimate of drug-likeness (QED) is 0.0894. The van der Waals surface area contributed by atoms with Crippen molar-refractivity contribution in [3.05, 3.63) is 554 Å². The van der Waals surface area contributed by atoms with E-state index < -0.39 is 0 Å². The molecule has 4 heterocycles.